The van der Waals surface area contributed by atoms with E-state index in [4.69, 9.17) is 0 Å². The second-order valence-electron chi connectivity index (χ2n) is 5.10. The zero-order valence-electron chi connectivity index (χ0n) is 12.4. The van der Waals surface area contributed by atoms with Crippen molar-refractivity contribution in [2.24, 2.45) is 0 Å². The summed E-state index contributed by atoms with van der Waals surface area (Å²) in [6.07, 6.45) is 4.33. The summed E-state index contributed by atoms with van der Waals surface area (Å²) in [5.41, 5.74) is 0.477. The molecule has 0 atom stereocenters. The molecule has 5 heteroatoms. The van der Waals surface area contributed by atoms with Crippen LogP contribution in [-0.4, -0.2) is 32.7 Å². The Labute approximate surface area is 124 Å². The van der Waals surface area contributed by atoms with Crippen LogP contribution in [0, 0.1) is 0 Å². The fraction of sp³-hybridized carbons (Fsp3) is 0.375. The summed E-state index contributed by atoms with van der Waals surface area (Å²) < 4.78 is 1.73. The van der Waals surface area contributed by atoms with Crippen molar-refractivity contribution < 1.29 is 9.90 Å². The fourth-order valence-electron chi connectivity index (χ4n) is 2.09. The third kappa shape index (κ3) is 3.49. The second kappa shape index (κ2) is 6.54. The Kier molecular flexibility index (Phi) is 4.75. The molecule has 1 aromatic heterocycles. The van der Waals surface area contributed by atoms with Crippen LogP contribution < -0.4 is 5.32 Å². The highest BCUT2D eigenvalue weighted by molar-refractivity contribution is 5.93. The predicted molar refractivity (Wildman–Crippen MR) is 81.4 cm³/mol. The first-order valence-corrected chi connectivity index (χ1v) is 7.18. The van der Waals surface area contributed by atoms with Crippen molar-refractivity contribution >= 4 is 5.91 Å². The van der Waals surface area contributed by atoms with Gasteiger partial charge in [-0.3, -0.25) is 9.36 Å². The monoisotopic (exact) mass is 287 g/mol. The topological polar surface area (TPSA) is 67.2 Å². The number of amides is 1. The molecule has 0 aliphatic carbocycles. The lowest BCUT2D eigenvalue weighted by molar-refractivity contribution is 0.0313. The van der Waals surface area contributed by atoms with Gasteiger partial charge in [0, 0.05) is 12.2 Å². The van der Waals surface area contributed by atoms with E-state index in [0.717, 1.165) is 5.69 Å². The Balaban J connectivity index is 2.13. The van der Waals surface area contributed by atoms with Crippen LogP contribution in [0.3, 0.4) is 0 Å². The number of nitrogens with one attached hydrogen (secondary N) is 1. The van der Waals surface area contributed by atoms with Crippen LogP contribution in [0.2, 0.25) is 0 Å². The number of hydrogen-bond acceptors (Lipinski definition) is 3. The third-order valence-corrected chi connectivity index (χ3v) is 3.80. The molecule has 0 fully saturated rings. The van der Waals surface area contributed by atoms with Gasteiger partial charge in [-0.25, -0.2) is 4.98 Å². The molecule has 2 N–H and O–H groups in total. The molecule has 0 unspecified atom stereocenters. The molecule has 21 heavy (non-hydrogen) atoms. The lowest BCUT2D eigenvalue weighted by atomic mass is 9.97. The summed E-state index contributed by atoms with van der Waals surface area (Å²) in [4.78, 5) is 16.3. The summed E-state index contributed by atoms with van der Waals surface area (Å²) in [6.45, 7) is 4.05. The highest BCUT2D eigenvalue weighted by Gasteiger charge is 2.24. The smallest absolute Gasteiger partial charge is 0.270 e. The molecule has 5 nitrogen and oxygen atoms in total. The Hall–Kier alpha value is -2.14. The Bertz CT molecular complexity index is 589. The van der Waals surface area contributed by atoms with E-state index >= 15 is 0 Å². The summed E-state index contributed by atoms with van der Waals surface area (Å²) >= 11 is 0. The van der Waals surface area contributed by atoms with Gasteiger partial charge in [0.05, 0.1) is 18.1 Å². The molecule has 0 aliphatic rings. The maximum atomic E-state index is 12.3. The lowest BCUT2D eigenvalue weighted by Gasteiger charge is -2.25. The van der Waals surface area contributed by atoms with Crippen LogP contribution in [0.15, 0.2) is 42.9 Å². The average Bonchev–Trinajstić information content (AvgIpc) is 3.03. The molecule has 112 valence electrons. The fourth-order valence-corrected chi connectivity index (χ4v) is 2.09. The van der Waals surface area contributed by atoms with E-state index in [1.165, 1.54) is 6.20 Å². The number of para-hydroxylation sites is 1. The van der Waals surface area contributed by atoms with E-state index in [1.54, 1.807) is 10.9 Å². The van der Waals surface area contributed by atoms with Crippen molar-refractivity contribution in [1.82, 2.24) is 14.9 Å². The highest BCUT2D eigenvalue weighted by atomic mass is 16.3. The standard InChI is InChI=1S/C16H21N3O2/c1-3-16(21,4-2)11-18-15(20)14-10-17-12-19(14)13-8-6-5-7-9-13/h5-10,12,21H,3-4,11H2,1-2H3,(H,18,20). The third-order valence-electron chi connectivity index (χ3n) is 3.80. The van der Waals surface area contributed by atoms with Crippen LogP contribution in [0.5, 0.6) is 0 Å². The Morgan fingerprint density at radius 2 is 1.95 bits per heavy atom. The first kappa shape index (κ1) is 15.3. The number of carbonyl (C=O) groups excluding carboxylic acids is 1. The van der Waals surface area contributed by atoms with Crippen LogP contribution in [0.25, 0.3) is 5.69 Å². The van der Waals surface area contributed by atoms with E-state index in [1.807, 2.05) is 44.2 Å². The number of carbonyl (C=O) groups is 1. The summed E-state index contributed by atoms with van der Waals surface area (Å²) in [5, 5.41) is 13.0. The van der Waals surface area contributed by atoms with Gasteiger partial charge in [-0.05, 0) is 25.0 Å². The summed E-state index contributed by atoms with van der Waals surface area (Å²) in [7, 11) is 0. The van der Waals surface area contributed by atoms with Gasteiger partial charge >= 0.3 is 0 Å². The van der Waals surface area contributed by atoms with Gasteiger partial charge in [0.1, 0.15) is 5.69 Å². The molecular formula is C16H21N3O2. The van der Waals surface area contributed by atoms with Gasteiger partial charge in [0.25, 0.3) is 5.91 Å². The van der Waals surface area contributed by atoms with Crippen LogP contribution in [-0.2, 0) is 0 Å². The number of rotatable bonds is 6. The van der Waals surface area contributed by atoms with Crippen molar-refractivity contribution in [3.05, 3.63) is 48.5 Å². The van der Waals surface area contributed by atoms with Gasteiger partial charge in [-0.2, -0.15) is 0 Å². The molecule has 0 aliphatic heterocycles. The zero-order valence-corrected chi connectivity index (χ0v) is 12.4. The number of aromatic nitrogens is 2. The molecule has 1 amide bonds. The van der Waals surface area contributed by atoms with E-state index in [9.17, 15) is 9.90 Å². The second-order valence-corrected chi connectivity index (χ2v) is 5.10. The van der Waals surface area contributed by atoms with Gasteiger partial charge in [-0.15, -0.1) is 0 Å². The van der Waals surface area contributed by atoms with Crippen molar-refractivity contribution in [2.75, 3.05) is 6.54 Å². The van der Waals surface area contributed by atoms with Crippen LogP contribution >= 0.6 is 0 Å². The molecule has 2 aromatic rings. The van der Waals surface area contributed by atoms with Crippen molar-refractivity contribution in [1.29, 1.82) is 0 Å². The van der Waals surface area contributed by atoms with Gasteiger partial charge < -0.3 is 10.4 Å². The minimum atomic E-state index is -0.854. The maximum Gasteiger partial charge on any atom is 0.270 e. The van der Waals surface area contributed by atoms with Crippen LogP contribution in [0.1, 0.15) is 37.2 Å². The highest BCUT2D eigenvalue weighted by Crippen LogP contribution is 2.14. The number of nitrogens with zero attached hydrogens (tertiary/aromatic N) is 2. The van der Waals surface area contributed by atoms with Crippen molar-refractivity contribution in [2.45, 2.75) is 32.3 Å². The average molecular weight is 287 g/mol. The SMILES string of the molecule is CCC(O)(CC)CNC(=O)c1cncn1-c1ccccc1. The summed E-state index contributed by atoms with van der Waals surface area (Å²) in [5.74, 6) is -0.239. The first-order valence-electron chi connectivity index (χ1n) is 7.18. The molecule has 1 heterocycles. The first-order chi connectivity index (χ1) is 10.1. The predicted octanol–water partition coefficient (Wildman–Crippen LogP) is 2.15. The number of aliphatic hydroxyl groups is 1. The van der Waals surface area contributed by atoms with Gasteiger partial charge in [-0.1, -0.05) is 32.0 Å². The van der Waals surface area contributed by atoms with Crippen molar-refractivity contribution in [3.63, 3.8) is 0 Å². The molecule has 0 saturated heterocycles. The molecule has 0 bridgehead atoms. The number of hydrogen-bond donors (Lipinski definition) is 2. The number of imidazole rings is 1. The Morgan fingerprint density at radius 3 is 2.57 bits per heavy atom. The molecule has 0 saturated carbocycles. The van der Waals surface area contributed by atoms with E-state index in [-0.39, 0.29) is 12.5 Å². The molecular weight excluding hydrogens is 266 g/mol. The minimum absolute atomic E-state index is 0.235. The number of benzene rings is 1. The summed E-state index contributed by atoms with van der Waals surface area (Å²) in [6, 6.07) is 9.55. The van der Waals surface area contributed by atoms with Gasteiger partial charge in [0.15, 0.2) is 0 Å². The molecule has 2 rings (SSSR count). The molecule has 0 spiro atoms. The molecule has 1 aromatic carbocycles. The minimum Gasteiger partial charge on any atom is -0.388 e. The van der Waals surface area contributed by atoms with E-state index in [2.05, 4.69) is 10.3 Å². The maximum absolute atomic E-state index is 12.3. The molecule has 0 radical (unpaired) electrons. The van der Waals surface area contributed by atoms with Crippen LogP contribution in [0.4, 0.5) is 0 Å². The van der Waals surface area contributed by atoms with E-state index < -0.39 is 5.60 Å². The lowest BCUT2D eigenvalue weighted by Crippen LogP contribution is -2.42. The largest absolute Gasteiger partial charge is 0.388 e. The zero-order chi connectivity index (χ0) is 15.3. The Morgan fingerprint density at radius 1 is 1.29 bits per heavy atom. The van der Waals surface area contributed by atoms with Gasteiger partial charge in [0.2, 0.25) is 0 Å². The normalized spacial score (nSPS) is 11.4. The quantitative estimate of drug-likeness (QED) is 0.855. The van der Waals surface area contributed by atoms with E-state index in [0.29, 0.717) is 18.5 Å². The van der Waals surface area contributed by atoms with Crippen molar-refractivity contribution in [3.8, 4) is 5.69 Å².